The van der Waals surface area contributed by atoms with Gasteiger partial charge in [-0.15, -0.1) is 11.8 Å². The molecule has 4 nitrogen and oxygen atoms in total. The minimum Gasteiger partial charge on any atom is -0.295 e. The molecule has 0 bridgehead atoms. The summed E-state index contributed by atoms with van der Waals surface area (Å²) in [6, 6.07) is 0. The monoisotopic (exact) mass is 233 g/mol. The Bertz CT molecular complexity index is 262. The van der Waals surface area contributed by atoms with Crippen molar-refractivity contribution in [3.05, 3.63) is 0 Å². The molecule has 0 fully saturated rings. The van der Waals surface area contributed by atoms with Gasteiger partial charge in [-0.05, 0) is 6.92 Å². The maximum absolute atomic E-state index is 11.6. The lowest BCUT2D eigenvalue weighted by molar-refractivity contribution is -0.120. The van der Waals surface area contributed by atoms with Crippen LogP contribution in [0.15, 0.2) is 0 Å². The molecule has 0 aliphatic rings. The maximum Gasteiger partial charge on any atom is 0.416 e. The zero-order valence-corrected chi connectivity index (χ0v) is 10.5. The largest absolute Gasteiger partial charge is 0.416 e. The third-order valence-corrected chi connectivity index (χ3v) is 3.91. The third kappa shape index (κ3) is 5.25. The zero-order chi connectivity index (χ0) is 11.9. The fourth-order valence-corrected chi connectivity index (χ4v) is 2.04. The molecule has 0 amide bonds. The topological polar surface area (TPSA) is 55.8 Å². The van der Waals surface area contributed by atoms with E-state index in [1.165, 1.54) is 14.2 Å². The fraction of sp³-hybridized carbons (Fsp3) is 0.700. The Labute approximate surface area is 91.6 Å². The van der Waals surface area contributed by atoms with Gasteiger partial charge in [0.15, 0.2) is 11.9 Å². The molecule has 0 rings (SSSR count). The molecular formula is C10H18O4P+. The third-order valence-electron chi connectivity index (χ3n) is 2.06. The van der Waals surface area contributed by atoms with Gasteiger partial charge in [-0.25, -0.2) is 0 Å². The van der Waals surface area contributed by atoms with E-state index in [-0.39, 0.29) is 17.9 Å². The van der Waals surface area contributed by atoms with E-state index in [2.05, 4.69) is 11.8 Å². The first-order chi connectivity index (χ1) is 6.99. The standard InChI is InChI=1S/C10H18O4P/c1-5-6-7-9(2)10(11)8-15(12,13-3)14-4/h9,12H,7-8H2,1-4H3/q+1. The summed E-state index contributed by atoms with van der Waals surface area (Å²) in [6.45, 7) is 3.51. The van der Waals surface area contributed by atoms with Crippen molar-refractivity contribution in [2.24, 2.45) is 5.92 Å². The fourth-order valence-electron chi connectivity index (χ4n) is 0.925. The Morgan fingerprint density at radius 2 is 2.00 bits per heavy atom. The predicted molar refractivity (Wildman–Crippen MR) is 60.3 cm³/mol. The molecule has 86 valence electrons. The van der Waals surface area contributed by atoms with E-state index < -0.39 is 7.94 Å². The van der Waals surface area contributed by atoms with Gasteiger partial charge in [0.05, 0.1) is 14.2 Å². The van der Waals surface area contributed by atoms with Gasteiger partial charge in [-0.1, -0.05) is 6.92 Å². The number of carbonyl (C=O) groups is 1. The molecule has 0 aromatic carbocycles. The molecule has 15 heavy (non-hydrogen) atoms. The van der Waals surface area contributed by atoms with E-state index in [0.717, 1.165) is 0 Å². The molecule has 1 N–H and O–H groups in total. The second-order valence-electron chi connectivity index (χ2n) is 3.16. The van der Waals surface area contributed by atoms with E-state index in [0.29, 0.717) is 6.42 Å². The molecule has 1 atom stereocenters. The summed E-state index contributed by atoms with van der Waals surface area (Å²) in [5, 5.41) is 0. The van der Waals surface area contributed by atoms with Crippen molar-refractivity contribution < 1.29 is 18.7 Å². The highest BCUT2D eigenvalue weighted by Crippen LogP contribution is 2.55. The molecule has 0 radical (unpaired) electrons. The maximum atomic E-state index is 11.6. The smallest absolute Gasteiger partial charge is 0.295 e. The van der Waals surface area contributed by atoms with Crippen molar-refractivity contribution in [3.8, 4) is 11.8 Å². The summed E-state index contributed by atoms with van der Waals surface area (Å²) in [4.78, 5) is 21.3. The van der Waals surface area contributed by atoms with Crippen molar-refractivity contribution in [1.29, 1.82) is 0 Å². The molecule has 1 unspecified atom stereocenters. The summed E-state index contributed by atoms with van der Waals surface area (Å²) in [5.41, 5.74) is 0. The van der Waals surface area contributed by atoms with Crippen LogP contribution in [0.2, 0.25) is 0 Å². The molecule has 0 aromatic rings. The minimum absolute atomic E-state index is 0.0768. The minimum atomic E-state index is -2.97. The van der Waals surface area contributed by atoms with Gasteiger partial charge in [-0.2, -0.15) is 13.9 Å². The average Bonchev–Trinajstić information content (AvgIpc) is 2.25. The summed E-state index contributed by atoms with van der Waals surface area (Å²) < 4.78 is 9.60. The first-order valence-corrected chi connectivity index (χ1v) is 6.40. The van der Waals surface area contributed by atoms with Crippen LogP contribution < -0.4 is 0 Å². The van der Waals surface area contributed by atoms with Crippen molar-refractivity contribution in [2.75, 3.05) is 20.4 Å². The highest BCUT2D eigenvalue weighted by atomic mass is 31.2. The molecule has 0 aliphatic carbocycles. The Morgan fingerprint density at radius 1 is 1.47 bits per heavy atom. The van der Waals surface area contributed by atoms with Crippen LogP contribution in [0.5, 0.6) is 0 Å². The Kier molecular flexibility index (Phi) is 6.71. The zero-order valence-electron chi connectivity index (χ0n) is 9.61. The van der Waals surface area contributed by atoms with Crippen LogP contribution in [0.4, 0.5) is 0 Å². The van der Waals surface area contributed by atoms with Crippen LogP contribution in [0.3, 0.4) is 0 Å². The quantitative estimate of drug-likeness (QED) is 0.560. The van der Waals surface area contributed by atoms with Crippen molar-refractivity contribution in [2.45, 2.75) is 20.3 Å². The van der Waals surface area contributed by atoms with E-state index in [1.807, 2.05) is 0 Å². The van der Waals surface area contributed by atoms with Gasteiger partial charge in [0, 0.05) is 12.3 Å². The van der Waals surface area contributed by atoms with Gasteiger partial charge in [0.25, 0.3) is 0 Å². The van der Waals surface area contributed by atoms with Gasteiger partial charge in [0.1, 0.15) is 0 Å². The van der Waals surface area contributed by atoms with Gasteiger partial charge >= 0.3 is 7.94 Å². The molecule has 5 heteroatoms. The second kappa shape index (κ2) is 6.92. The molecule has 0 spiro atoms. The van der Waals surface area contributed by atoms with E-state index in [1.54, 1.807) is 13.8 Å². The molecule has 0 saturated heterocycles. The number of hydrogen-bond donors (Lipinski definition) is 1. The summed E-state index contributed by atoms with van der Waals surface area (Å²) >= 11 is 0. The number of ketones is 1. The van der Waals surface area contributed by atoms with E-state index in [4.69, 9.17) is 9.05 Å². The van der Waals surface area contributed by atoms with Gasteiger partial charge in [0.2, 0.25) is 0 Å². The average molecular weight is 233 g/mol. The lowest BCUT2D eigenvalue weighted by atomic mass is 10.0. The summed E-state index contributed by atoms with van der Waals surface area (Å²) in [7, 11) is -0.302. The number of hydrogen-bond acceptors (Lipinski definition) is 4. The molecular weight excluding hydrogens is 215 g/mol. The lowest BCUT2D eigenvalue weighted by Crippen LogP contribution is -2.18. The van der Waals surface area contributed by atoms with Crippen LogP contribution in [0, 0.1) is 17.8 Å². The SMILES string of the molecule is CC#CCC(C)C(=O)C[P+](O)(OC)OC. The summed E-state index contributed by atoms with van der Waals surface area (Å²) in [6.07, 6.45) is 0.426. The normalized spacial score (nSPS) is 12.9. The number of Topliss-reactive ketones (excluding diaryl/α,β-unsaturated/α-hetero) is 1. The van der Waals surface area contributed by atoms with Gasteiger partial charge in [-0.3, -0.25) is 4.79 Å². The van der Waals surface area contributed by atoms with Gasteiger partial charge < -0.3 is 0 Å². The van der Waals surface area contributed by atoms with Crippen molar-refractivity contribution in [1.82, 2.24) is 0 Å². The highest BCUT2D eigenvalue weighted by molar-refractivity contribution is 7.61. The Hall–Kier alpha value is -0.460. The Morgan fingerprint density at radius 3 is 2.40 bits per heavy atom. The van der Waals surface area contributed by atoms with Crippen LogP contribution in [0.25, 0.3) is 0 Å². The van der Waals surface area contributed by atoms with Crippen LogP contribution in [0.1, 0.15) is 20.3 Å². The lowest BCUT2D eigenvalue weighted by Gasteiger charge is -2.13. The van der Waals surface area contributed by atoms with E-state index in [9.17, 15) is 9.69 Å². The van der Waals surface area contributed by atoms with Crippen LogP contribution >= 0.6 is 7.94 Å². The number of rotatable bonds is 6. The number of carbonyl (C=O) groups excluding carboxylic acids is 1. The highest BCUT2D eigenvalue weighted by Gasteiger charge is 2.41. The van der Waals surface area contributed by atoms with Crippen LogP contribution in [-0.2, 0) is 13.8 Å². The molecule has 0 aliphatic heterocycles. The first-order valence-electron chi connectivity index (χ1n) is 4.63. The first kappa shape index (κ1) is 14.5. The van der Waals surface area contributed by atoms with Crippen LogP contribution in [-0.4, -0.2) is 31.1 Å². The second-order valence-corrected chi connectivity index (χ2v) is 5.48. The Balaban J connectivity index is 4.26. The molecule has 0 saturated carbocycles. The predicted octanol–water partition coefficient (Wildman–Crippen LogP) is 1.65. The van der Waals surface area contributed by atoms with Crippen molar-refractivity contribution >= 4 is 13.7 Å². The van der Waals surface area contributed by atoms with Crippen molar-refractivity contribution in [3.63, 3.8) is 0 Å². The van der Waals surface area contributed by atoms with E-state index >= 15 is 0 Å². The molecule has 0 heterocycles. The summed E-state index contributed by atoms with van der Waals surface area (Å²) in [5.74, 6) is 5.27. The molecule has 0 aromatic heterocycles.